The van der Waals surface area contributed by atoms with Crippen LogP contribution in [0.1, 0.15) is 11.6 Å². The highest BCUT2D eigenvalue weighted by Gasteiger charge is 2.21. The van der Waals surface area contributed by atoms with Crippen LogP contribution in [0.2, 0.25) is 0 Å². The van der Waals surface area contributed by atoms with Gasteiger partial charge in [-0.25, -0.2) is 0 Å². The smallest absolute Gasteiger partial charge is 0.180 e. The fraction of sp³-hybridized carbons (Fsp3) is 0.357. The second-order valence-electron chi connectivity index (χ2n) is 4.75. The van der Waals surface area contributed by atoms with Crippen molar-refractivity contribution in [2.75, 3.05) is 13.2 Å². The number of rotatable bonds is 3. The maximum Gasteiger partial charge on any atom is 0.180 e. The molecule has 0 fully saturated rings. The third-order valence-electron chi connectivity index (χ3n) is 3.50. The molecule has 1 atom stereocenters. The summed E-state index contributed by atoms with van der Waals surface area (Å²) in [6.07, 6.45) is 4.98. The summed E-state index contributed by atoms with van der Waals surface area (Å²) < 4.78 is 10.8. The zero-order chi connectivity index (χ0) is 13.2. The average Bonchev–Trinajstić information content (AvgIpc) is 2.80. The van der Waals surface area contributed by atoms with Crippen molar-refractivity contribution < 1.29 is 4.74 Å². The van der Waals surface area contributed by atoms with Crippen LogP contribution >= 0.6 is 12.2 Å². The average molecular weight is 275 g/mol. The molecule has 0 aliphatic carbocycles. The first-order valence-electron chi connectivity index (χ1n) is 6.47. The number of para-hydroxylation sites is 1. The summed E-state index contributed by atoms with van der Waals surface area (Å²) in [6, 6.07) is 8.44. The van der Waals surface area contributed by atoms with Crippen LogP contribution in [0, 0.1) is 4.77 Å². The Hall–Kier alpha value is -1.59. The summed E-state index contributed by atoms with van der Waals surface area (Å²) in [5.74, 6) is 0.992. The molecule has 0 amide bonds. The number of ether oxygens (including phenoxy) is 1. The van der Waals surface area contributed by atoms with Crippen molar-refractivity contribution in [2.45, 2.75) is 19.0 Å². The topological polar surface area (TPSA) is 45.1 Å². The van der Waals surface area contributed by atoms with Crippen LogP contribution in [0.3, 0.4) is 0 Å². The van der Waals surface area contributed by atoms with Gasteiger partial charge in [-0.2, -0.15) is 0 Å². The minimum absolute atomic E-state index is 0.265. The van der Waals surface area contributed by atoms with E-state index in [4.69, 9.17) is 22.7 Å². The van der Waals surface area contributed by atoms with E-state index in [1.165, 1.54) is 5.56 Å². The number of fused-ring (bicyclic) bond motifs is 1. The van der Waals surface area contributed by atoms with Gasteiger partial charge in [0.15, 0.2) is 4.77 Å². The zero-order valence-corrected chi connectivity index (χ0v) is 11.5. The van der Waals surface area contributed by atoms with Crippen LogP contribution in [0.15, 0.2) is 36.7 Å². The zero-order valence-electron chi connectivity index (χ0n) is 10.7. The molecule has 100 valence electrons. The van der Waals surface area contributed by atoms with Crippen molar-refractivity contribution in [2.24, 2.45) is 5.73 Å². The fourth-order valence-corrected chi connectivity index (χ4v) is 2.87. The van der Waals surface area contributed by atoms with Gasteiger partial charge in [-0.3, -0.25) is 0 Å². The Bertz CT molecular complexity index is 632. The number of nitrogens with zero attached hydrogens (tertiary/aromatic N) is 2. The first-order chi connectivity index (χ1) is 9.29. The quantitative estimate of drug-likeness (QED) is 0.873. The Balaban J connectivity index is 1.87. The minimum Gasteiger partial charge on any atom is -0.491 e. The summed E-state index contributed by atoms with van der Waals surface area (Å²) >= 11 is 5.49. The van der Waals surface area contributed by atoms with Crippen LogP contribution in [0.5, 0.6) is 5.75 Å². The van der Waals surface area contributed by atoms with Crippen LogP contribution in [0.4, 0.5) is 0 Å². The van der Waals surface area contributed by atoms with Crippen LogP contribution in [0.25, 0.3) is 0 Å². The van der Waals surface area contributed by atoms with Gasteiger partial charge in [-0.15, -0.1) is 0 Å². The molecule has 2 aromatic rings. The van der Waals surface area contributed by atoms with Crippen molar-refractivity contribution in [1.29, 1.82) is 0 Å². The van der Waals surface area contributed by atoms with E-state index < -0.39 is 0 Å². The molecule has 1 aliphatic heterocycles. The molecule has 1 aromatic heterocycles. The predicted octanol–water partition coefficient (Wildman–Crippen LogP) is 2.15. The molecule has 1 unspecified atom stereocenters. The van der Waals surface area contributed by atoms with Crippen LogP contribution in [-0.4, -0.2) is 22.3 Å². The minimum atomic E-state index is 0.265. The van der Waals surface area contributed by atoms with Crippen LogP contribution < -0.4 is 10.5 Å². The van der Waals surface area contributed by atoms with Gasteiger partial charge < -0.3 is 19.6 Å². The molecule has 1 aromatic carbocycles. The maximum atomic E-state index is 5.81. The molecule has 0 saturated heterocycles. The molecule has 3 rings (SSSR count). The molecule has 0 radical (unpaired) electrons. The normalized spacial score (nSPS) is 17.8. The number of imidazole rings is 1. The predicted molar refractivity (Wildman–Crippen MR) is 77.0 cm³/mol. The molecular formula is C14H17N3OS. The third-order valence-corrected chi connectivity index (χ3v) is 3.94. The largest absolute Gasteiger partial charge is 0.491 e. The summed E-state index contributed by atoms with van der Waals surface area (Å²) in [5.41, 5.74) is 6.82. The molecule has 4 nitrogen and oxygen atoms in total. The van der Waals surface area contributed by atoms with E-state index in [0.717, 1.165) is 23.5 Å². The van der Waals surface area contributed by atoms with E-state index in [9.17, 15) is 0 Å². The van der Waals surface area contributed by atoms with E-state index in [-0.39, 0.29) is 6.04 Å². The third kappa shape index (κ3) is 2.31. The Morgan fingerprint density at radius 3 is 3.00 bits per heavy atom. The van der Waals surface area contributed by atoms with E-state index in [0.29, 0.717) is 13.2 Å². The van der Waals surface area contributed by atoms with Gasteiger partial charge in [0.05, 0.1) is 6.04 Å². The molecule has 19 heavy (non-hydrogen) atoms. The lowest BCUT2D eigenvalue weighted by molar-refractivity contribution is 0.222. The van der Waals surface area contributed by atoms with E-state index >= 15 is 0 Å². The van der Waals surface area contributed by atoms with Gasteiger partial charge in [0.2, 0.25) is 0 Å². The lowest BCUT2D eigenvalue weighted by atomic mass is 10.0. The van der Waals surface area contributed by atoms with E-state index in [2.05, 4.69) is 10.6 Å². The molecule has 0 saturated carbocycles. The van der Waals surface area contributed by atoms with Crippen molar-refractivity contribution in [3.63, 3.8) is 0 Å². The van der Waals surface area contributed by atoms with Gasteiger partial charge >= 0.3 is 0 Å². The number of nitrogens with two attached hydrogens (primary N) is 1. The van der Waals surface area contributed by atoms with Gasteiger partial charge in [0.1, 0.15) is 12.4 Å². The van der Waals surface area contributed by atoms with Crippen molar-refractivity contribution >= 4 is 12.2 Å². The maximum absolute atomic E-state index is 5.81. The highest BCUT2D eigenvalue weighted by atomic mass is 32.1. The SMILES string of the molecule is NCCn1ccn(C2COc3ccccc3C2)c1=S. The monoisotopic (exact) mass is 275 g/mol. The lowest BCUT2D eigenvalue weighted by Crippen LogP contribution is -2.24. The summed E-state index contributed by atoms with van der Waals surface area (Å²) in [5, 5.41) is 0. The highest BCUT2D eigenvalue weighted by Crippen LogP contribution is 2.29. The van der Waals surface area contributed by atoms with Crippen molar-refractivity contribution in [1.82, 2.24) is 9.13 Å². The Morgan fingerprint density at radius 1 is 1.32 bits per heavy atom. The second kappa shape index (κ2) is 5.19. The van der Waals surface area contributed by atoms with E-state index in [1.807, 2.05) is 35.2 Å². The molecular weight excluding hydrogens is 258 g/mol. The molecule has 5 heteroatoms. The fourth-order valence-electron chi connectivity index (χ4n) is 2.51. The van der Waals surface area contributed by atoms with Crippen molar-refractivity contribution in [3.8, 4) is 5.75 Å². The molecule has 0 bridgehead atoms. The first-order valence-corrected chi connectivity index (χ1v) is 6.88. The molecule has 0 spiro atoms. The first kappa shape index (κ1) is 12.4. The van der Waals surface area contributed by atoms with Gasteiger partial charge in [-0.05, 0) is 23.8 Å². The van der Waals surface area contributed by atoms with Crippen molar-refractivity contribution in [3.05, 3.63) is 47.0 Å². The lowest BCUT2D eigenvalue weighted by Gasteiger charge is -2.26. The number of hydrogen-bond donors (Lipinski definition) is 1. The Kier molecular flexibility index (Phi) is 3.40. The molecule has 2 heterocycles. The van der Waals surface area contributed by atoms with Gasteiger partial charge in [-0.1, -0.05) is 18.2 Å². The highest BCUT2D eigenvalue weighted by molar-refractivity contribution is 7.71. The summed E-state index contributed by atoms with van der Waals surface area (Å²) in [4.78, 5) is 0. The molecule has 2 N–H and O–H groups in total. The van der Waals surface area contributed by atoms with Crippen LogP contribution in [-0.2, 0) is 13.0 Å². The van der Waals surface area contributed by atoms with Gasteiger partial charge in [0.25, 0.3) is 0 Å². The number of aromatic nitrogens is 2. The second-order valence-corrected chi connectivity index (χ2v) is 5.11. The number of benzene rings is 1. The Labute approximate surface area is 117 Å². The van der Waals surface area contributed by atoms with E-state index in [1.54, 1.807) is 0 Å². The number of hydrogen-bond acceptors (Lipinski definition) is 3. The summed E-state index contributed by atoms with van der Waals surface area (Å²) in [6.45, 7) is 2.02. The summed E-state index contributed by atoms with van der Waals surface area (Å²) in [7, 11) is 0. The standard InChI is InChI=1S/C14H17N3OS/c15-5-6-16-7-8-17(14(16)19)12-9-11-3-1-2-4-13(11)18-10-12/h1-4,7-8,12H,5-6,9-10,15H2. The van der Waals surface area contributed by atoms with Gasteiger partial charge in [0, 0.05) is 31.9 Å². The Morgan fingerprint density at radius 2 is 2.16 bits per heavy atom. The molecule has 1 aliphatic rings.